The van der Waals surface area contributed by atoms with Gasteiger partial charge in [-0.25, -0.2) is 0 Å². The van der Waals surface area contributed by atoms with Gasteiger partial charge in [-0.05, 0) is 110 Å². The van der Waals surface area contributed by atoms with Crippen molar-refractivity contribution in [3.63, 3.8) is 0 Å². The smallest absolute Gasteiger partial charge is 0.176 e. The summed E-state index contributed by atoms with van der Waals surface area (Å²) >= 11 is 0. The van der Waals surface area contributed by atoms with E-state index in [1.54, 1.807) is 5.57 Å². The highest BCUT2D eigenvalue weighted by atomic mass is 16.6. The van der Waals surface area contributed by atoms with Gasteiger partial charge in [0, 0.05) is 0 Å². The second-order valence-corrected chi connectivity index (χ2v) is 13.5. The van der Waals surface area contributed by atoms with Crippen LogP contribution in [0.25, 0.3) is 0 Å². The number of hydrogen-bond acceptors (Lipinski definition) is 2. The van der Waals surface area contributed by atoms with Crippen LogP contribution in [0.2, 0.25) is 0 Å². The standard InChI is InChI=1S/C31H52O2/c1-20(2)9-8-10-22(5)26-13-14-27-25-12-11-23-19-24(33-29(32)21(3)4)15-17-30(23,6)28(25)16-18-31(26,27)7/h11,20,22,24-29,32H,3,8-10,12-19H2,1-2,4-7H3. The van der Waals surface area contributed by atoms with Crippen LogP contribution in [0.1, 0.15) is 112 Å². The Bertz CT molecular complexity index is 737. The quantitative estimate of drug-likeness (QED) is 0.294. The molecule has 0 heterocycles. The maximum Gasteiger partial charge on any atom is 0.176 e. The highest BCUT2D eigenvalue weighted by Gasteiger charge is 2.59. The van der Waals surface area contributed by atoms with Gasteiger partial charge in [-0.15, -0.1) is 0 Å². The highest BCUT2D eigenvalue weighted by Crippen LogP contribution is 2.67. The average Bonchev–Trinajstić information content (AvgIpc) is 3.11. The summed E-state index contributed by atoms with van der Waals surface area (Å²) in [4.78, 5) is 0. The second kappa shape index (κ2) is 9.81. The van der Waals surface area contributed by atoms with Crippen LogP contribution in [-0.4, -0.2) is 17.5 Å². The highest BCUT2D eigenvalue weighted by molar-refractivity contribution is 5.25. The largest absolute Gasteiger partial charge is 0.364 e. The lowest BCUT2D eigenvalue weighted by atomic mass is 9.47. The first-order chi connectivity index (χ1) is 15.6. The fourth-order valence-corrected chi connectivity index (χ4v) is 9.07. The fraction of sp³-hybridized carbons (Fsp3) is 0.871. The van der Waals surface area contributed by atoms with Crippen LogP contribution in [-0.2, 0) is 4.74 Å². The van der Waals surface area contributed by atoms with Crippen molar-refractivity contribution >= 4 is 0 Å². The third-order valence-corrected chi connectivity index (χ3v) is 11.0. The Balaban J connectivity index is 1.45. The van der Waals surface area contributed by atoms with Gasteiger partial charge in [0.15, 0.2) is 6.29 Å². The van der Waals surface area contributed by atoms with Crippen molar-refractivity contribution in [1.29, 1.82) is 0 Å². The summed E-state index contributed by atoms with van der Waals surface area (Å²) in [5.74, 6) is 5.30. The molecule has 33 heavy (non-hydrogen) atoms. The molecule has 3 saturated carbocycles. The van der Waals surface area contributed by atoms with E-state index < -0.39 is 6.29 Å². The van der Waals surface area contributed by atoms with Gasteiger partial charge < -0.3 is 9.84 Å². The van der Waals surface area contributed by atoms with Crippen LogP contribution in [0.15, 0.2) is 23.8 Å². The minimum absolute atomic E-state index is 0.143. The number of aliphatic hydroxyl groups is 1. The fourth-order valence-electron chi connectivity index (χ4n) is 9.07. The van der Waals surface area contributed by atoms with Gasteiger partial charge in [0.05, 0.1) is 6.10 Å². The average molecular weight is 457 g/mol. The Hall–Kier alpha value is -0.600. The molecule has 0 aromatic rings. The van der Waals surface area contributed by atoms with Crippen molar-refractivity contribution in [1.82, 2.24) is 0 Å². The second-order valence-electron chi connectivity index (χ2n) is 13.5. The SMILES string of the molecule is C=C(C)C(O)OC1CCC2(C)C(=CCC3C2CCC2(C)C(C(C)CCCC(C)C)CCC32)C1. The van der Waals surface area contributed by atoms with E-state index in [4.69, 9.17) is 4.74 Å². The molecule has 2 heteroatoms. The Labute approximate surface area is 204 Å². The van der Waals surface area contributed by atoms with E-state index in [0.29, 0.717) is 16.4 Å². The normalized spacial score (nSPS) is 42.2. The molecule has 3 fully saturated rings. The zero-order valence-corrected chi connectivity index (χ0v) is 22.5. The molecule has 4 aliphatic rings. The summed E-state index contributed by atoms with van der Waals surface area (Å²) in [5, 5.41) is 10.2. The number of ether oxygens (including phenoxy) is 1. The van der Waals surface area contributed by atoms with Crippen molar-refractivity contribution in [2.45, 2.75) is 125 Å². The van der Waals surface area contributed by atoms with Crippen molar-refractivity contribution in [3.05, 3.63) is 23.8 Å². The minimum atomic E-state index is -0.815. The van der Waals surface area contributed by atoms with Gasteiger partial charge in [-0.3, -0.25) is 0 Å². The predicted molar refractivity (Wildman–Crippen MR) is 139 cm³/mol. The summed E-state index contributed by atoms with van der Waals surface area (Å²) < 4.78 is 5.97. The number of allylic oxidation sites excluding steroid dienone is 1. The van der Waals surface area contributed by atoms with Gasteiger partial charge in [0.2, 0.25) is 0 Å². The summed E-state index contributed by atoms with van der Waals surface area (Å²) in [7, 11) is 0. The maximum absolute atomic E-state index is 10.2. The molecule has 1 N–H and O–H groups in total. The van der Waals surface area contributed by atoms with Gasteiger partial charge >= 0.3 is 0 Å². The van der Waals surface area contributed by atoms with Crippen molar-refractivity contribution in [2.24, 2.45) is 46.3 Å². The number of fused-ring (bicyclic) bond motifs is 5. The third-order valence-electron chi connectivity index (χ3n) is 11.0. The van der Waals surface area contributed by atoms with Gasteiger partial charge in [-0.2, -0.15) is 0 Å². The lowest BCUT2D eigenvalue weighted by molar-refractivity contribution is -0.129. The van der Waals surface area contributed by atoms with Crippen molar-refractivity contribution in [2.75, 3.05) is 0 Å². The Morgan fingerprint density at radius 1 is 1.09 bits per heavy atom. The molecule has 0 bridgehead atoms. The molecule has 188 valence electrons. The lowest BCUT2D eigenvalue weighted by Gasteiger charge is -2.58. The first-order valence-electron chi connectivity index (χ1n) is 14.2. The Morgan fingerprint density at radius 3 is 2.55 bits per heavy atom. The van der Waals surface area contributed by atoms with Crippen LogP contribution in [0.5, 0.6) is 0 Å². The van der Waals surface area contributed by atoms with Crippen LogP contribution < -0.4 is 0 Å². The lowest BCUT2D eigenvalue weighted by Crippen LogP contribution is -2.51. The monoisotopic (exact) mass is 456 g/mol. The van der Waals surface area contributed by atoms with E-state index in [9.17, 15) is 5.11 Å². The molecule has 9 unspecified atom stereocenters. The number of aliphatic hydroxyl groups excluding tert-OH is 1. The molecular weight excluding hydrogens is 404 g/mol. The maximum atomic E-state index is 10.2. The Morgan fingerprint density at radius 2 is 1.85 bits per heavy atom. The molecule has 2 nitrogen and oxygen atoms in total. The van der Waals surface area contributed by atoms with Crippen molar-refractivity contribution in [3.8, 4) is 0 Å². The topological polar surface area (TPSA) is 29.5 Å². The number of hydrogen-bond donors (Lipinski definition) is 1. The van der Waals surface area contributed by atoms with E-state index in [2.05, 4.69) is 47.3 Å². The summed E-state index contributed by atoms with van der Waals surface area (Å²) in [5.41, 5.74) is 3.25. The molecule has 4 rings (SSSR count). The minimum Gasteiger partial charge on any atom is -0.364 e. The molecule has 0 aromatic heterocycles. The van der Waals surface area contributed by atoms with E-state index in [1.807, 2.05) is 6.92 Å². The van der Waals surface area contributed by atoms with E-state index in [-0.39, 0.29) is 6.10 Å². The van der Waals surface area contributed by atoms with Crippen LogP contribution >= 0.6 is 0 Å². The van der Waals surface area contributed by atoms with Gasteiger partial charge in [0.25, 0.3) is 0 Å². The van der Waals surface area contributed by atoms with Crippen molar-refractivity contribution < 1.29 is 9.84 Å². The molecule has 0 aromatic carbocycles. The zero-order valence-electron chi connectivity index (χ0n) is 22.5. The summed E-state index contributed by atoms with van der Waals surface area (Å²) in [6, 6.07) is 0. The third kappa shape index (κ3) is 4.77. The summed E-state index contributed by atoms with van der Waals surface area (Å²) in [6.45, 7) is 18.3. The van der Waals surface area contributed by atoms with Gasteiger partial charge in [-0.1, -0.05) is 72.1 Å². The molecule has 9 atom stereocenters. The van der Waals surface area contributed by atoms with E-state index in [1.165, 1.54) is 57.8 Å². The molecule has 0 amide bonds. The zero-order chi connectivity index (χ0) is 24.0. The van der Waals surface area contributed by atoms with E-state index in [0.717, 1.165) is 48.3 Å². The molecule has 0 saturated heterocycles. The molecule has 4 aliphatic carbocycles. The van der Waals surface area contributed by atoms with Crippen LogP contribution in [0.4, 0.5) is 0 Å². The molecule has 0 aliphatic heterocycles. The molecule has 0 radical (unpaired) electrons. The molecular formula is C31H52O2. The molecule has 0 spiro atoms. The first-order valence-corrected chi connectivity index (χ1v) is 14.2. The predicted octanol–water partition coefficient (Wildman–Crippen LogP) is 8.31. The van der Waals surface area contributed by atoms with Crippen LogP contribution in [0, 0.1) is 46.3 Å². The van der Waals surface area contributed by atoms with Gasteiger partial charge in [0.1, 0.15) is 0 Å². The summed E-state index contributed by atoms with van der Waals surface area (Å²) in [6.07, 6.45) is 16.5. The van der Waals surface area contributed by atoms with E-state index >= 15 is 0 Å². The van der Waals surface area contributed by atoms with Crippen LogP contribution in [0.3, 0.4) is 0 Å². The first kappa shape index (κ1) is 25.5. The Kier molecular flexibility index (Phi) is 7.57. The number of rotatable bonds is 8.